The molecule has 2 aromatic heterocycles. The Morgan fingerprint density at radius 2 is 1.92 bits per heavy atom. The summed E-state index contributed by atoms with van der Waals surface area (Å²) >= 11 is 0. The lowest BCUT2D eigenvalue weighted by Crippen LogP contribution is -2.67. The topological polar surface area (TPSA) is 115 Å². The van der Waals surface area contributed by atoms with Gasteiger partial charge >= 0.3 is 0 Å². The van der Waals surface area contributed by atoms with E-state index in [0.29, 0.717) is 43.0 Å². The fourth-order valence-corrected chi connectivity index (χ4v) is 6.04. The van der Waals surface area contributed by atoms with Gasteiger partial charge in [-0.1, -0.05) is 44.5 Å². The number of aryl methyl sites for hydroxylation is 1. The van der Waals surface area contributed by atoms with Crippen LogP contribution in [0.15, 0.2) is 34.9 Å². The van der Waals surface area contributed by atoms with Crippen LogP contribution in [0.3, 0.4) is 0 Å². The van der Waals surface area contributed by atoms with Gasteiger partial charge in [-0.2, -0.15) is 0 Å². The van der Waals surface area contributed by atoms with Crippen LogP contribution in [0.25, 0.3) is 0 Å². The van der Waals surface area contributed by atoms with Crippen LogP contribution in [0.2, 0.25) is 0 Å². The number of ether oxygens (including phenoxy) is 1. The maximum Gasteiger partial charge on any atom is 0.247 e. The SMILES string of the molecule is CC[C@H](C)[C@@H]1C(=O)N[C@H](C2Cc3ccccc3C2)C(=O)N1[C@H](c1coc(C)n1)c1nnc2n1CCOC2. The predicted octanol–water partition coefficient (Wildman–Crippen LogP) is 2.35. The molecule has 3 aliphatic rings. The molecular weight excluding hydrogens is 472 g/mol. The molecule has 194 valence electrons. The van der Waals surface area contributed by atoms with Gasteiger partial charge in [0.05, 0.1) is 6.61 Å². The molecule has 2 aliphatic heterocycles. The summed E-state index contributed by atoms with van der Waals surface area (Å²) in [5.74, 6) is 1.42. The Labute approximate surface area is 215 Å². The maximum absolute atomic E-state index is 14.5. The summed E-state index contributed by atoms with van der Waals surface area (Å²) in [4.78, 5) is 34.6. The molecule has 1 fully saturated rings. The largest absolute Gasteiger partial charge is 0.449 e. The average molecular weight is 505 g/mol. The highest BCUT2D eigenvalue weighted by atomic mass is 16.5. The Balaban J connectivity index is 1.45. The smallest absolute Gasteiger partial charge is 0.247 e. The number of fused-ring (bicyclic) bond motifs is 2. The van der Waals surface area contributed by atoms with Crippen LogP contribution < -0.4 is 5.32 Å². The third kappa shape index (κ3) is 4.03. The average Bonchev–Trinajstić information content (AvgIpc) is 3.64. The van der Waals surface area contributed by atoms with Crippen molar-refractivity contribution in [3.63, 3.8) is 0 Å². The highest BCUT2D eigenvalue weighted by molar-refractivity contribution is 5.98. The van der Waals surface area contributed by atoms with Crippen molar-refractivity contribution in [2.45, 2.75) is 71.3 Å². The summed E-state index contributed by atoms with van der Waals surface area (Å²) in [5.41, 5.74) is 3.02. The molecule has 1 aliphatic carbocycles. The number of benzene rings is 1. The van der Waals surface area contributed by atoms with E-state index in [1.54, 1.807) is 18.1 Å². The molecule has 10 nitrogen and oxygen atoms in total. The number of carbonyl (C=O) groups is 2. The van der Waals surface area contributed by atoms with E-state index in [9.17, 15) is 9.59 Å². The lowest BCUT2D eigenvalue weighted by atomic mass is 9.86. The Bertz CT molecular complexity index is 1310. The minimum Gasteiger partial charge on any atom is -0.449 e. The second kappa shape index (κ2) is 9.41. The molecule has 3 aromatic rings. The second-order valence-electron chi connectivity index (χ2n) is 10.4. The van der Waals surface area contributed by atoms with Gasteiger partial charge in [-0.25, -0.2) is 4.98 Å². The predicted molar refractivity (Wildman–Crippen MR) is 132 cm³/mol. The number of carbonyl (C=O) groups excluding carboxylic acids is 2. The zero-order valence-corrected chi connectivity index (χ0v) is 21.4. The first-order valence-electron chi connectivity index (χ1n) is 13.1. The molecule has 0 saturated carbocycles. The number of oxazole rings is 1. The lowest BCUT2D eigenvalue weighted by Gasteiger charge is -2.45. The van der Waals surface area contributed by atoms with Crippen LogP contribution in [0, 0.1) is 18.8 Å². The van der Waals surface area contributed by atoms with E-state index in [0.717, 1.165) is 19.3 Å². The molecule has 6 rings (SSSR count). The second-order valence-corrected chi connectivity index (χ2v) is 10.4. The van der Waals surface area contributed by atoms with Crippen molar-refractivity contribution in [3.8, 4) is 0 Å². The number of hydrogen-bond acceptors (Lipinski definition) is 7. The lowest BCUT2D eigenvalue weighted by molar-refractivity contribution is -0.155. The zero-order chi connectivity index (χ0) is 25.7. The first-order chi connectivity index (χ1) is 18.0. The number of nitrogens with zero attached hydrogens (tertiary/aromatic N) is 5. The molecule has 1 aromatic carbocycles. The first kappa shape index (κ1) is 23.8. The quantitative estimate of drug-likeness (QED) is 0.548. The van der Waals surface area contributed by atoms with E-state index in [1.165, 1.54) is 11.1 Å². The van der Waals surface area contributed by atoms with Crippen LogP contribution >= 0.6 is 0 Å². The van der Waals surface area contributed by atoms with Crippen molar-refractivity contribution in [1.29, 1.82) is 0 Å². The summed E-state index contributed by atoms with van der Waals surface area (Å²) < 4.78 is 13.2. The Kier molecular flexibility index (Phi) is 6.06. The van der Waals surface area contributed by atoms with Crippen molar-refractivity contribution in [3.05, 3.63) is 64.9 Å². The van der Waals surface area contributed by atoms with Crippen molar-refractivity contribution in [1.82, 2.24) is 30.0 Å². The first-order valence-corrected chi connectivity index (χ1v) is 13.1. The summed E-state index contributed by atoms with van der Waals surface area (Å²) in [6, 6.07) is 6.24. The van der Waals surface area contributed by atoms with Crippen molar-refractivity contribution in [2.24, 2.45) is 11.8 Å². The van der Waals surface area contributed by atoms with Crippen LogP contribution in [-0.2, 0) is 40.3 Å². The molecule has 0 radical (unpaired) electrons. The highest BCUT2D eigenvalue weighted by Crippen LogP contribution is 2.38. The number of amides is 2. The van der Waals surface area contributed by atoms with E-state index >= 15 is 0 Å². The molecule has 0 spiro atoms. The Hall–Kier alpha value is -3.53. The van der Waals surface area contributed by atoms with Crippen molar-refractivity contribution >= 4 is 11.8 Å². The van der Waals surface area contributed by atoms with E-state index < -0.39 is 18.1 Å². The third-order valence-electron chi connectivity index (χ3n) is 8.11. The van der Waals surface area contributed by atoms with E-state index in [-0.39, 0.29) is 23.7 Å². The molecule has 2 amide bonds. The highest BCUT2D eigenvalue weighted by Gasteiger charge is 2.51. The third-order valence-corrected chi connectivity index (χ3v) is 8.11. The van der Waals surface area contributed by atoms with Crippen molar-refractivity contribution < 1.29 is 18.7 Å². The minimum absolute atomic E-state index is 0.0188. The van der Waals surface area contributed by atoms with Gasteiger partial charge in [0, 0.05) is 13.5 Å². The summed E-state index contributed by atoms with van der Waals surface area (Å²) in [5, 5.41) is 12.0. The Morgan fingerprint density at radius 3 is 2.59 bits per heavy atom. The fraction of sp³-hybridized carbons (Fsp3) is 0.519. The molecule has 0 bridgehead atoms. The van der Waals surface area contributed by atoms with Crippen LogP contribution in [0.4, 0.5) is 0 Å². The van der Waals surface area contributed by atoms with E-state index in [1.807, 2.05) is 30.5 Å². The molecule has 37 heavy (non-hydrogen) atoms. The van der Waals surface area contributed by atoms with Gasteiger partial charge in [0.1, 0.15) is 36.7 Å². The molecule has 1 saturated heterocycles. The van der Waals surface area contributed by atoms with Crippen LogP contribution in [0.5, 0.6) is 0 Å². The van der Waals surface area contributed by atoms with Gasteiger partial charge < -0.3 is 23.9 Å². The van der Waals surface area contributed by atoms with Crippen LogP contribution in [0.1, 0.15) is 60.7 Å². The van der Waals surface area contributed by atoms with Crippen LogP contribution in [-0.4, -0.2) is 55.2 Å². The summed E-state index contributed by atoms with van der Waals surface area (Å²) in [7, 11) is 0. The van der Waals surface area contributed by atoms with E-state index in [2.05, 4.69) is 32.6 Å². The summed E-state index contributed by atoms with van der Waals surface area (Å²) in [6.07, 6.45) is 3.80. The van der Waals surface area contributed by atoms with Crippen molar-refractivity contribution in [2.75, 3.05) is 6.61 Å². The number of piperazine rings is 1. The number of aromatic nitrogens is 4. The monoisotopic (exact) mass is 504 g/mol. The maximum atomic E-state index is 14.5. The molecule has 0 unspecified atom stereocenters. The molecule has 10 heteroatoms. The van der Waals surface area contributed by atoms with Gasteiger partial charge in [-0.05, 0) is 35.8 Å². The van der Waals surface area contributed by atoms with E-state index in [4.69, 9.17) is 9.15 Å². The van der Waals surface area contributed by atoms with Gasteiger partial charge in [0.25, 0.3) is 0 Å². The Morgan fingerprint density at radius 1 is 1.16 bits per heavy atom. The van der Waals surface area contributed by atoms with Gasteiger partial charge in [0.15, 0.2) is 17.5 Å². The van der Waals surface area contributed by atoms with Gasteiger partial charge in [0.2, 0.25) is 11.8 Å². The number of rotatable bonds is 6. The standard InChI is InChI=1S/C27H32N6O4/c1-4-15(2)23-26(34)29-22(19-11-17-7-5-6-8-18(17)12-19)27(35)33(23)24(20-13-37-16(3)28-20)25-31-30-21-14-36-10-9-32(21)25/h5-8,13,15,19,22-24H,4,9-12,14H2,1-3H3,(H,29,34)/t15-,22+,23+,24+/m0/s1. The van der Waals surface area contributed by atoms with Gasteiger partial charge in [-0.3, -0.25) is 9.59 Å². The number of hydrogen-bond donors (Lipinski definition) is 1. The van der Waals surface area contributed by atoms with Gasteiger partial charge in [-0.15, -0.1) is 10.2 Å². The molecule has 4 heterocycles. The molecule has 1 N–H and O–H groups in total. The fourth-order valence-electron chi connectivity index (χ4n) is 6.04. The summed E-state index contributed by atoms with van der Waals surface area (Å²) in [6.45, 7) is 7.25. The molecule has 4 atom stereocenters. The normalized spacial score (nSPS) is 23.5. The minimum atomic E-state index is -0.708. The zero-order valence-electron chi connectivity index (χ0n) is 21.4. The number of nitrogens with one attached hydrogen (secondary N) is 1. The molecular formula is C27H32N6O4.